The lowest BCUT2D eigenvalue weighted by atomic mass is 10.1. The average Bonchev–Trinajstić information content (AvgIpc) is 3.15. The number of carbonyl (C=O) groups excluding carboxylic acids is 2. The molecule has 1 aromatic rings. The van der Waals surface area contributed by atoms with E-state index in [0.717, 1.165) is 30.3 Å². The molecule has 5 nitrogen and oxygen atoms in total. The van der Waals surface area contributed by atoms with Crippen LogP contribution in [-0.4, -0.2) is 51.9 Å². The van der Waals surface area contributed by atoms with Crippen molar-refractivity contribution in [2.75, 3.05) is 19.6 Å². The fraction of sp³-hybridized carbons (Fsp3) is 0.625. The molecule has 2 aliphatic rings. The average molecular weight is 325 g/mol. The number of halogens is 2. The third-order valence-corrected chi connectivity index (χ3v) is 4.85. The smallest absolute Gasteiger partial charge is 0.319 e. The van der Waals surface area contributed by atoms with Gasteiger partial charge in [0.05, 0.1) is 0 Å². The van der Waals surface area contributed by atoms with E-state index in [4.69, 9.17) is 0 Å². The van der Waals surface area contributed by atoms with Crippen molar-refractivity contribution in [1.82, 2.24) is 14.4 Å². The number of amides is 2. The molecular weight excluding hydrogens is 304 g/mol. The van der Waals surface area contributed by atoms with Gasteiger partial charge in [-0.15, -0.1) is 0 Å². The highest BCUT2D eigenvalue weighted by molar-refractivity contribution is 5.96. The van der Waals surface area contributed by atoms with Gasteiger partial charge in [0.15, 0.2) is 0 Å². The largest absolute Gasteiger partial charge is 0.336 e. The van der Waals surface area contributed by atoms with Crippen LogP contribution in [-0.2, 0) is 4.79 Å². The van der Waals surface area contributed by atoms with Crippen molar-refractivity contribution < 1.29 is 18.4 Å². The molecule has 0 bridgehead atoms. The molecule has 2 heterocycles. The fourth-order valence-electron chi connectivity index (χ4n) is 3.61. The number of hydrogen-bond acceptors (Lipinski definition) is 2. The molecular formula is C16H21F2N3O2. The molecule has 0 N–H and O–H groups in total. The molecule has 1 saturated carbocycles. The number of rotatable bonds is 3. The van der Waals surface area contributed by atoms with Crippen molar-refractivity contribution >= 4 is 11.8 Å². The zero-order valence-corrected chi connectivity index (χ0v) is 13.2. The lowest BCUT2D eigenvalue weighted by Crippen LogP contribution is -2.55. The second-order valence-electron chi connectivity index (χ2n) is 6.26. The summed E-state index contributed by atoms with van der Waals surface area (Å²) < 4.78 is 26.9. The van der Waals surface area contributed by atoms with E-state index in [2.05, 4.69) is 0 Å². The van der Waals surface area contributed by atoms with Gasteiger partial charge in [0.1, 0.15) is 12.2 Å². The summed E-state index contributed by atoms with van der Waals surface area (Å²) in [5.41, 5.74) is 0.277. The van der Waals surface area contributed by atoms with Gasteiger partial charge in [-0.25, -0.2) is 0 Å². The molecule has 1 aromatic heterocycles. The number of nitrogens with zero attached hydrogens (tertiary/aromatic N) is 3. The Morgan fingerprint density at radius 1 is 1.22 bits per heavy atom. The third kappa shape index (κ3) is 2.96. The summed E-state index contributed by atoms with van der Waals surface area (Å²) in [5.74, 6) is -0.582. The van der Waals surface area contributed by atoms with E-state index in [-0.39, 0.29) is 24.2 Å². The Morgan fingerprint density at radius 3 is 2.52 bits per heavy atom. The van der Waals surface area contributed by atoms with Gasteiger partial charge in [-0.2, -0.15) is 8.78 Å². The van der Waals surface area contributed by atoms with Crippen LogP contribution in [0.5, 0.6) is 0 Å². The molecule has 23 heavy (non-hydrogen) atoms. The Kier molecular flexibility index (Phi) is 4.37. The number of aryl methyl sites for hydroxylation is 1. The molecule has 2 amide bonds. The summed E-state index contributed by atoms with van der Waals surface area (Å²) in [5, 5.41) is 0. The van der Waals surface area contributed by atoms with Crippen LogP contribution in [0, 0.1) is 6.92 Å². The van der Waals surface area contributed by atoms with Gasteiger partial charge < -0.3 is 9.80 Å². The van der Waals surface area contributed by atoms with Crippen molar-refractivity contribution in [3.8, 4) is 0 Å². The molecule has 0 unspecified atom stereocenters. The lowest BCUT2D eigenvalue weighted by Gasteiger charge is -2.37. The Bertz CT molecular complexity index is 608. The summed E-state index contributed by atoms with van der Waals surface area (Å²) in [6, 6.07) is 3.18. The molecule has 2 fully saturated rings. The molecule has 0 spiro atoms. The molecule has 7 heteroatoms. The van der Waals surface area contributed by atoms with Crippen LogP contribution in [0.2, 0.25) is 0 Å². The van der Waals surface area contributed by atoms with E-state index >= 15 is 0 Å². The maximum Gasteiger partial charge on any atom is 0.319 e. The van der Waals surface area contributed by atoms with E-state index in [1.54, 1.807) is 0 Å². The standard InChI is InChI=1S/C16H21F2N3O2/c1-11-6-7-13(21(11)16(17)18)15(23)19-8-9-20(14(22)10-19)12-4-2-3-5-12/h6-7,12,16H,2-5,8-10H2,1H3. The quantitative estimate of drug-likeness (QED) is 0.857. The minimum absolute atomic E-state index is 0.0250. The zero-order chi connectivity index (χ0) is 16.6. The SMILES string of the molecule is Cc1ccc(C(=O)N2CCN(C3CCCC3)C(=O)C2)n1C(F)F. The third-order valence-electron chi connectivity index (χ3n) is 4.85. The van der Waals surface area contributed by atoms with Crippen LogP contribution >= 0.6 is 0 Å². The van der Waals surface area contributed by atoms with E-state index in [9.17, 15) is 18.4 Å². The number of aromatic nitrogens is 1. The maximum atomic E-state index is 13.1. The summed E-state index contributed by atoms with van der Waals surface area (Å²) in [6.07, 6.45) is 4.32. The van der Waals surface area contributed by atoms with E-state index in [1.807, 2.05) is 4.90 Å². The predicted molar refractivity (Wildman–Crippen MR) is 80.3 cm³/mol. The summed E-state index contributed by atoms with van der Waals surface area (Å²) in [6.45, 7) is -0.369. The zero-order valence-electron chi connectivity index (χ0n) is 13.2. The monoisotopic (exact) mass is 325 g/mol. The van der Waals surface area contributed by atoms with Crippen LogP contribution in [0.1, 0.15) is 48.4 Å². The van der Waals surface area contributed by atoms with Gasteiger partial charge in [-0.1, -0.05) is 12.8 Å². The highest BCUT2D eigenvalue weighted by Crippen LogP contribution is 2.26. The number of hydrogen-bond donors (Lipinski definition) is 0. The normalized spacial score (nSPS) is 19.9. The van der Waals surface area contributed by atoms with Gasteiger partial charge in [-0.3, -0.25) is 14.2 Å². The first-order valence-corrected chi connectivity index (χ1v) is 8.03. The Hall–Kier alpha value is -1.92. The summed E-state index contributed by atoms with van der Waals surface area (Å²) >= 11 is 0. The van der Waals surface area contributed by atoms with E-state index < -0.39 is 12.5 Å². The molecule has 1 aliphatic carbocycles. The highest BCUT2D eigenvalue weighted by Gasteiger charge is 2.34. The van der Waals surface area contributed by atoms with E-state index in [1.165, 1.54) is 24.0 Å². The Balaban J connectivity index is 1.71. The molecule has 3 rings (SSSR count). The van der Waals surface area contributed by atoms with Crippen LogP contribution < -0.4 is 0 Å². The number of piperazine rings is 1. The topological polar surface area (TPSA) is 45.6 Å². The van der Waals surface area contributed by atoms with Gasteiger partial charge in [0, 0.05) is 24.8 Å². The summed E-state index contributed by atoms with van der Waals surface area (Å²) in [4.78, 5) is 28.1. The van der Waals surface area contributed by atoms with Crippen molar-refractivity contribution in [2.24, 2.45) is 0 Å². The van der Waals surface area contributed by atoms with Crippen LogP contribution in [0.4, 0.5) is 8.78 Å². The van der Waals surface area contributed by atoms with Gasteiger partial charge in [-0.05, 0) is 31.9 Å². The maximum absolute atomic E-state index is 13.1. The van der Waals surface area contributed by atoms with Crippen molar-refractivity contribution in [3.63, 3.8) is 0 Å². The Morgan fingerprint density at radius 2 is 1.91 bits per heavy atom. The lowest BCUT2D eigenvalue weighted by molar-refractivity contribution is -0.137. The first-order chi connectivity index (χ1) is 11.0. The van der Waals surface area contributed by atoms with Crippen LogP contribution in [0.25, 0.3) is 0 Å². The van der Waals surface area contributed by atoms with Crippen molar-refractivity contribution in [3.05, 3.63) is 23.5 Å². The van der Waals surface area contributed by atoms with Crippen LogP contribution in [0.15, 0.2) is 12.1 Å². The van der Waals surface area contributed by atoms with Gasteiger partial charge in [0.2, 0.25) is 5.91 Å². The molecule has 126 valence electrons. The van der Waals surface area contributed by atoms with Gasteiger partial charge in [0.25, 0.3) is 5.91 Å². The highest BCUT2D eigenvalue weighted by atomic mass is 19.3. The molecule has 0 radical (unpaired) electrons. The molecule has 1 aliphatic heterocycles. The minimum atomic E-state index is -2.76. The summed E-state index contributed by atoms with van der Waals surface area (Å²) in [7, 11) is 0. The number of carbonyl (C=O) groups is 2. The van der Waals surface area contributed by atoms with Crippen LogP contribution in [0.3, 0.4) is 0 Å². The van der Waals surface area contributed by atoms with E-state index in [0.29, 0.717) is 18.8 Å². The molecule has 1 saturated heterocycles. The molecule has 0 aromatic carbocycles. The first kappa shape index (κ1) is 16.0. The second kappa shape index (κ2) is 6.29. The van der Waals surface area contributed by atoms with Crippen molar-refractivity contribution in [2.45, 2.75) is 45.2 Å². The first-order valence-electron chi connectivity index (χ1n) is 8.03. The Labute approximate surface area is 133 Å². The fourth-order valence-corrected chi connectivity index (χ4v) is 3.61. The van der Waals surface area contributed by atoms with Crippen molar-refractivity contribution in [1.29, 1.82) is 0 Å². The molecule has 0 atom stereocenters. The predicted octanol–water partition coefficient (Wildman–Crippen LogP) is 2.42. The number of alkyl halides is 2. The second-order valence-corrected chi connectivity index (χ2v) is 6.26. The van der Waals surface area contributed by atoms with Gasteiger partial charge >= 0.3 is 6.55 Å². The minimum Gasteiger partial charge on any atom is -0.336 e.